The number of likely N-dealkylation sites (tertiary alicyclic amines) is 1. The zero-order valence-corrected chi connectivity index (χ0v) is 18.3. The molecule has 0 unspecified atom stereocenters. The Morgan fingerprint density at radius 3 is 2.47 bits per heavy atom. The molecule has 0 bridgehead atoms. The normalized spacial score (nSPS) is 21.0. The zero-order valence-electron chi connectivity index (χ0n) is 17.5. The molecule has 1 amide bonds. The molecule has 1 fully saturated rings. The summed E-state index contributed by atoms with van der Waals surface area (Å²) in [5.41, 5.74) is 0.936. The molecule has 0 saturated carbocycles. The summed E-state index contributed by atoms with van der Waals surface area (Å²) in [5, 5.41) is 0. The van der Waals surface area contributed by atoms with E-state index in [2.05, 4.69) is 4.99 Å². The molecule has 1 aromatic carbocycles. The van der Waals surface area contributed by atoms with Crippen LogP contribution in [0.1, 0.15) is 36.3 Å². The Kier molecular flexibility index (Phi) is 5.91. The minimum atomic E-state index is -4.65. The second-order valence-electron chi connectivity index (χ2n) is 8.39. The SMILES string of the molecule is CS(=O)(=O)N1CCC2=C(C1)C(C(=O)N1CCC(c3ccc(F)cc3C(F)(F)F)CC1)=NC2. The van der Waals surface area contributed by atoms with Gasteiger partial charge in [-0.2, -0.15) is 17.5 Å². The predicted octanol–water partition coefficient (Wildman–Crippen LogP) is 2.97. The number of hydrogen-bond acceptors (Lipinski definition) is 4. The highest BCUT2D eigenvalue weighted by atomic mass is 32.2. The van der Waals surface area contributed by atoms with Crippen molar-refractivity contribution in [1.29, 1.82) is 0 Å². The fraction of sp³-hybridized carbons (Fsp3) is 0.524. The van der Waals surface area contributed by atoms with E-state index in [-0.39, 0.29) is 36.8 Å². The lowest BCUT2D eigenvalue weighted by molar-refractivity contribution is -0.139. The molecule has 11 heteroatoms. The van der Waals surface area contributed by atoms with Crippen LogP contribution in [0, 0.1) is 5.82 Å². The first-order valence-electron chi connectivity index (χ1n) is 10.3. The fourth-order valence-corrected chi connectivity index (χ4v) is 5.40. The molecule has 3 aliphatic heterocycles. The van der Waals surface area contributed by atoms with Crippen molar-refractivity contribution < 1.29 is 30.8 Å². The van der Waals surface area contributed by atoms with E-state index < -0.39 is 33.5 Å². The van der Waals surface area contributed by atoms with Crippen molar-refractivity contribution in [3.63, 3.8) is 0 Å². The average molecular weight is 473 g/mol. The van der Waals surface area contributed by atoms with Crippen LogP contribution in [-0.2, 0) is 21.0 Å². The molecule has 0 radical (unpaired) electrons. The Balaban J connectivity index is 1.46. The summed E-state index contributed by atoms with van der Waals surface area (Å²) < 4.78 is 78.6. The standard InChI is InChI=1S/C21H23F4N3O3S/c1-32(30,31)28-9-6-14-11-26-19(17(14)12-28)20(29)27-7-4-13(5-8-27)16-3-2-15(22)10-18(16)21(23,24)25/h2-3,10,13H,4-9,11-12H2,1H3. The summed E-state index contributed by atoms with van der Waals surface area (Å²) in [4.78, 5) is 19.0. The van der Waals surface area contributed by atoms with Crippen LogP contribution >= 0.6 is 0 Å². The highest BCUT2D eigenvalue weighted by Crippen LogP contribution is 2.39. The number of rotatable bonds is 3. The molecule has 0 aromatic heterocycles. The van der Waals surface area contributed by atoms with Crippen LogP contribution in [0.15, 0.2) is 34.3 Å². The van der Waals surface area contributed by atoms with Gasteiger partial charge in [-0.1, -0.05) is 6.07 Å². The van der Waals surface area contributed by atoms with Gasteiger partial charge < -0.3 is 4.90 Å². The molecule has 0 N–H and O–H groups in total. The number of halogens is 4. The van der Waals surface area contributed by atoms with Crippen molar-refractivity contribution in [1.82, 2.24) is 9.21 Å². The van der Waals surface area contributed by atoms with Gasteiger partial charge in [-0.3, -0.25) is 9.79 Å². The number of aliphatic imine (C=N–C) groups is 1. The molecule has 0 atom stereocenters. The summed E-state index contributed by atoms with van der Waals surface area (Å²) in [7, 11) is -3.40. The first-order chi connectivity index (χ1) is 14.9. The highest BCUT2D eigenvalue weighted by molar-refractivity contribution is 7.88. The molecule has 3 heterocycles. The van der Waals surface area contributed by atoms with Crippen molar-refractivity contribution in [3.8, 4) is 0 Å². The van der Waals surface area contributed by atoms with Gasteiger partial charge in [0.2, 0.25) is 10.0 Å². The molecule has 32 heavy (non-hydrogen) atoms. The highest BCUT2D eigenvalue weighted by Gasteiger charge is 2.38. The Morgan fingerprint density at radius 1 is 1.16 bits per heavy atom. The number of amides is 1. The Labute approximate surface area is 183 Å². The van der Waals surface area contributed by atoms with Crippen molar-refractivity contribution in [2.45, 2.75) is 31.4 Å². The van der Waals surface area contributed by atoms with Gasteiger partial charge in [-0.25, -0.2) is 12.8 Å². The van der Waals surface area contributed by atoms with Gasteiger partial charge >= 0.3 is 6.18 Å². The number of hydrogen-bond donors (Lipinski definition) is 0. The van der Waals surface area contributed by atoms with E-state index in [1.807, 2.05) is 0 Å². The van der Waals surface area contributed by atoms with E-state index in [4.69, 9.17) is 0 Å². The van der Waals surface area contributed by atoms with Crippen LogP contribution < -0.4 is 0 Å². The minimum absolute atomic E-state index is 0.0466. The van der Waals surface area contributed by atoms with Gasteiger partial charge in [-0.05, 0) is 54.0 Å². The van der Waals surface area contributed by atoms with Crippen LogP contribution in [0.2, 0.25) is 0 Å². The summed E-state index contributed by atoms with van der Waals surface area (Å²) in [5.74, 6) is -1.70. The van der Waals surface area contributed by atoms with Crippen molar-refractivity contribution >= 4 is 21.6 Å². The Morgan fingerprint density at radius 2 is 1.84 bits per heavy atom. The molecule has 174 valence electrons. The zero-order chi connectivity index (χ0) is 23.3. The molecule has 1 saturated heterocycles. The molecule has 1 aromatic rings. The van der Waals surface area contributed by atoms with Crippen LogP contribution in [0.5, 0.6) is 0 Å². The van der Waals surface area contributed by atoms with E-state index in [9.17, 15) is 30.8 Å². The summed E-state index contributed by atoms with van der Waals surface area (Å²) >= 11 is 0. The topological polar surface area (TPSA) is 70.1 Å². The third kappa shape index (κ3) is 4.45. The van der Waals surface area contributed by atoms with Gasteiger partial charge in [0.1, 0.15) is 11.5 Å². The van der Waals surface area contributed by atoms with Gasteiger partial charge in [0, 0.05) is 26.2 Å². The van der Waals surface area contributed by atoms with E-state index in [1.165, 1.54) is 10.4 Å². The number of alkyl halides is 3. The largest absolute Gasteiger partial charge is 0.416 e. The second kappa shape index (κ2) is 8.26. The summed E-state index contributed by atoms with van der Waals surface area (Å²) in [6.07, 6.45) is -2.38. The van der Waals surface area contributed by atoms with Gasteiger partial charge in [-0.15, -0.1) is 0 Å². The van der Waals surface area contributed by atoms with E-state index in [0.717, 1.165) is 17.9 Å². The number of sulfonamides is 1. The summed E-state index contributed by atoms with van der Waals surface area (Å²) in [6, 6.07) is 2.73. The Bertz CT molecular complexity index is 1100. The van der Waals surface area contributed by atoms with Crippen LogP contribution in [0.4, 0.5) is 17.6 Å². The van der Waals surface area contributed by atoms with Gasteiger partial charge in [0.25, 0.3) is 5.91 Å². The lowest BCUT2D eigenvalue weighted by atomic mass is 9.86. The predicted molar refractivity (Wildman–Crippen MR) is 110 cm³/mol. The minimum Gasteiger partial charge on any atom is -0.337 e. The van der Waals surface area contributed by atoms with E-state index >= 15 is 0 Å². The fourth-order valence-electron chi connectivity index (χ4n) is 4.62. The average Bonchev–Trinajstić information content (AvgIpc) is 3.15. The van der Waals surface area contributed by atoms with E-state index in [0.29, 0.717) is 44.0 Å². The monoisotopic (exact) mass is 473 g/mol. The molecular formula is C21H23F4N3O3S. The van der Waals surface area contributed by atoms with Crippen molar-refractivity contribution in [2.75, 3.05) is 39.0 Å². The van der Waals surface area contributed by atoms with Crippen LogP contribution in [-0.4, -0.2) is 68.2 Å². The summed E-state index contributed by atoms with van der Waals surface area (Å²) in [6.45, 7) is 1.33. The first-order valence-corrected chi connectivity index (χ1v) is 12.2. The molecule has 4 rings (SSSR count). The lowest BCUT2D eigenvalue weighted by Gasteiger charge is -2.34. The number of carbonyl (C=O) groups is 1. The van der Waals surface area contributed by atoms with Crippen molar-refractivity contribution in [3.05, 3.63) is 46.3 Å². The maximum absolute atomic E-state index is 13.4. The molecule has 6 nitrogen and oxygen atoms in total. The maximum atomic E-state index is 13.4. The quantitative estimate of drug-likeness (QED) is 0.634. The van der Waals surface area contributed by atoms with E-state index in [1.54, 1.807) is 4.90 Å². The lowest BCUT2D eigenvalue weighted by Crippen LogP contribution is -2.44. The molecule has 0 aliphatic carbocycles. The third-order valence-electron chi connectivity index (χ3n) is 6.35. The number of benzene rings is 1. The molecule has 0 spiro atoms. The number of carbonyl (C=O) groups excluding carboxylic acids is 1. The molecular weight excluding hydrogens is 450 g/mol. The third-order valence-corrected chi connectivity index (χ3v) is 7.60. The van der Waals surface area contributed by atoms with Gasteiger partial charge in [0.05, 0.1) is 18.4 Å². The Hall–Kier alpha value is -2.27. The van der Waals surface area contributed by atoms with Crippen LogP contribution in [0.25, 0.3) is 0 Å². The maximum Gasteiger partial charge on any atom is 0.416 e. The number of nitrogens with zero attached hydrogens (tertiary/aromatic N) is 3. The van der Waals surface area contributed by atoms with Crippen LogP contribution in [0.3, 0.4) is 0 Å². The second-order valence-corrected chi connectivity index (χ2v) is 10.4. The van der Waals surface area contributed by atoms with Crippen molar-refractivity contribution in [2.24, 2.45) is 4.99 Å². The number of piperidine rings is 1. The molecule has 3 aliphatic rings. The smallest absolute Gasteiger partial charge is 0.337 e. The first kappa shape index (κ1) is 22.9. The van der Waals surface area contributed by atoms with Gasteiger partial charge in [0.15, 0.2) is 0 Å².